The average molecular weight is 298 g/mol. The standard InChI is InChI=1S/C11H11FN4OS2/c1-2-18-11-16-15-10(19-11)14-9(17)13-8-5-3-7(12)4-6-8/h3-6H,2H2,1H3,(H2,13,14,15,17). The minimum Gasteiger partial charge on any atom is -0.308 e. The molecule has 0 spiro atoms. The predicted molar refractivity (Wildman–Crippen MR) is 75.3 cm³/mol. The van der Waals surface area contributed by atoms with Crippen molar-refractivity contribution in [3.8, 4) is 0 Å². The van der Waals surface area contributed by atoms with Gasteiger partial charge in [0.25, 0.3) is 0 Å². The highest BCUT2D eigenvalue weighted by atomic mass is 32.2. The van der Waals surface area contributed by atoms with Crippen molar-refractivity contribution in [3.63, 3.8) is 0 Å². The maximum absolute atomic E-state index is 12.7. The monoisotopic (exact) mass is 298 g/mol. The van der Waals surface area contributed by atoms with Crippen molar-refractivity contribution >= 4 is 39.9 Å². The number of carbonyl (C=O) groups excluding carboxylic acids is 1. The van der Waals surface area contributed by atoms with Crippen molar-refractivity contribution < 1.29 is 9.18 Å². The molecule has 2 N–H and O–H groups in total. The molecule has 0 fully saturated rings. The van der Waals surface area contributed by atoms with Gasteiger partial charge in [-0.15, -0.1) is 10.2 Å². The summed E-state index contributed by atoms with van der Waals surface area (Å²) in [6.45, 7) is 2.01. The number of thioether (sulfide) groups is 1. The zero-order valence-electron chi connectivity index (χ0n) is 10.0. The van der Waals surface area contributed by atoms with Gasteiger partial charge in [-0.2, -0.15) is 0 Å². The molecule has 8 heteroatoms. The van der Waals surface area contributed by atoms with Crippen LogP contribution in [0.25, 0.3) is 0 Å². The van der Waals surface area contributed by atoms with E-state index in [1.807, 2.05) is 6.92 Å². The summed E-state index contributed by atoms with van der Waals surface area (Å²) in [5, 5.41) is 13.3. The third-order valence-corrected chi connectivity index (χ3v) is 3.85. The molecule has 0 radical (unpaired) electrons. The van der Waals surface area contributed by atoms with Gasteiger partial charge >= 0.3 is 6.03 Å². The Morgan fingerprint density at radius 3 is 2.74 bits per heavy atom. The molecule has 1 heterocycles. The van der Waals surface area contributed by atoms with Crippen molar-refractivity contribution in [2.24, 2.45) is 0 Å². The number of anilines is 2. The SMILES string of the molecule is CCSc1nnc(NC(=O)Nc2ccc(F)cc2)s1. The van der Waals surface area contributed by atoms with Gasteiger partial charge in [0.2, 0.25) is 5.13 Å². The highest BCUT2D eigenvalue weighted by molar-refractivity contribution is 8.01. The van der Waals surface area contributed by atoms with E-state index in [0.29, 0.717) is 10.8 Å². The first-order chi connectivity index (χ1) is 9.17. The molecule has 0 aliphatic carbocycles. The Morgan fingerprint density at radius 1 is 1.32 bits per heavy atom. The molecule has 1 aromatic carbocycles. The number of amides is 2. The van der Waals surface area contributed by atoms with E-state index >= 15 is 0 Å². The number of benzene rings is 1. The number of nitrogens with zero attached hydrogens (tertiary/aromatic N) is 2. The molecular weight excluding hydrogens is 287 g/mol. The predicted octanol–water partition coefficient (Wildman–Crippen LogP) is 3.43. The van der Waals surface area contributed by atoms with Crippen molar-refractivity contribution in [3.05, 3.63) is 30.1 Å². The first-order valence-electron chi connectivity index (χ1n) is 5.47. The lowest BCUT2D eigenvalue weighted by Gasteiger charge is -2.04. The van der Waals surface area contributed by atoms with Gasteiger partial charge in [-0.25, -0.2) is 9.18 Å². The van der Waals surface area contributed by atoms with Crippen LogP contribution in [-0.4, -0.2) is 22.0 Å². The van der Waals surface area contributed by atoms with Gasteiger partial charge in [-0.05, 0) is 30.0 Å². The third kappa shape index (κ3) is 4.18. The highest BCUT2D eigenvalue weighted by Gasteiger charge is 2.08. The molecule has 0 saturated carbocycles. The number of hydrogen-bond donors (Lipinski definition) is 2. The van der Waals surface area contributed by atoms with Crippen LogP contribution in [0.15, 0.2) is 28.6 Å². The molecule has 100 valence electrons. The van der Waals surface area contributed by atoms with Crippen LogP contribution < -0.4 is 10.6 Å². The van der Waals surface area contributed by atoms with E-state index in [2.05, 4.69) is 20.8 Å². The summed E-state index contributed by atoms with van der Waals surface area (Å²) >= 11 is 2.87. The summed E-state index contributed by atoms with van der Waals surface area (Å²) in [5.41, 5.74) is 0.506. The first-order valence-corrected chi connectivity index (χ1v) is 7.27. The van der Waals surface area contributed by atoms with Crippen molar-refractivity contribution in [2.75, 3.05) is 16.4 Å². The Hall–Kier alpha value is -1.67. The van der Waals surface area contributed by atoms with Crippen LogP contribution in [0.1, 0.15) is 6.92 Å². The minimum absolute atomic E-state index is 0.351. The Kier molecular flexibility index (Phi) is 4.69. The molecule has 2 aromatic rings. The molecule has 2 amide bonds. The molecule has 0 atom stereocenters. The summed E-state index contributed by atoms with van der Waals surface area (Å²) in [7, 11) is 0. The van der Waals surface area contributed by atoms with Crippen molar-refractivity contribution in [1.82, 2.24) is 10.2 Å². The van der Waals surface area contributed by atoms with Crippen molar-refractivity contribution in [1.29, 1.82) is 0 Å². The van der Waals surface area contributed by atoms with E-state index < -0.39 is 6.03 Å². The number of urea groups is 1. The van der Waals surface area contributed by atoms with Crippen molar-refractivity contribution in [2.45, 2.75) is 11.3 Å². The lowest BCUT2D eigenvalue weighted by atomic mass is 10.3. The smallest absolute Gasteiger partial charge is 0.308 e. The quantitative estimate of drug-likeness (QED) is 0.670. The lowest BCUT2D eigenvalue weighted by molar-refractivity contribution is 0.262. The minimum atomic E-state index is -0.434. The maximum atomic E-state index is 12.7. The fraction of sp³-hybridized carbons (Fsp3) is 0.182. The van der Waals surface area contributed by atoms with Crippen LogP contribution in [0.4, 0.5) is 20.0 Å². The zero-order valence-corrected chi connectivity index (χ0v) is 11.6. The van der Waals surface area contributed by atoms with E-state index in [4.69, 9.17) is 0 Å². The lowest BCUT2D eigenvalue weighted by Crippen LogP contribution is -2.19. The van der Waals surface area contributed by atoms with E-state index in [0.717, 1.165) is 10.1 Å². The summed E-state index contributed by atoms with van der Waals surface area (Å²) in [4.78, 5) is 11.7. The van der Waals surface area contributed by atoms with Crippen LogP contribution in [-0.2, 0) is 0 Å². The van der Waals surface area contributed by atoms with Crippen LogP contribution >= 0.6 is 23.1 Å². The van der Waals surface area contributed by atoms with E-state index in [1.165, 1.54) is 35.6 Å². The molecule has 0 bridgehead atoms. The van der Waals surface area contributed by atoms with Gasteiger partial charge in [-0.3, -0.25) is 5.32 Å². The summed E-state index contributed by atoms with van der Waals surface area (Å²) in [6.07, 6.45) is 0. The largest absolute Gasteiger partial charge is 0.325 e. The fourth-order valence-corrected chi connectivity index (χ4v) is 2.88. The zero-order chi connectivity index (χ0) is 13.7. The maximum Gasteiger partial charge on any atom is 0.325 e. The fourth-order valence-electron chi connectivity index (χ4n) is 1.23. The molecular formula is C11H11FN4OS2. The van der Waals surface area contributed by atoms with Crippen LogP contribution in [0.2, 0.25) is 0 Å². The third-order valence-electron chi connectivity index (χ3n) is 2.00. The van der Waals surface area contributed by atoms with Gasteiger partial charge in [0.05, 0.1) is 0 Å². The summed E-state index contributed by atoms with van der Waals surface area (Å²) < 4.78 is 13.5. The van der Waals surface area contributed by atoms with Crippen LogP contribution in [0.5, 0.6) is 0 Å². The normalized spacial score (nSPS) is 10.2. The summed E-state index contributed by atoms with van der Waals surface area (Å²) in [5.74, 6) is 0.549. The second-order valence-corrected chi connectivity index (χ2v) is 5.88. The molecule has 0 unspecified atom stereocenters. The average Bonchev–Trinajstić information content (AvgIpc) is 2.80. The molecule has 0 aliphatic heterocycles. The van der Waals surface area contributed by atoms with E-state index in [-0.39, 0.29) is 5.82 Å². The topological polar surface area (TPSA) is 66.9 Å². The van der Waals surface area contributed by atoms with Gasteiger partial charge in [0.15, 0.2) is 4.34 Å². The Labute approximate surface area is 117 Å². The number of hydrogen-bond acceptors (Lipinski definition) is 5. The number of nitrogens with one attached hydrogen (secondary N) is 2. The highest BCUT2D eigenvalue weighted by Crippen LogP contribution is 2.25. The summed E-state index contributed by atoms with van der Waals surface area (Å²) in [6, 6.07) is 5.07. The number of rotatable bonds is 4. The Balaban J connectivity index is 1.91. The second kappa shape index (κ2) is 6.48. The Morgan fingerprint density at radius 2 is 2.05 bits per heavy atom. The number of carbonyl (C=O) groups is 1. The molecule has 5 nitrogen and oxygen atoms in total. The van der Waals surface area contributed by atoms with Gasteiger partial charge in [0.1, 0.15) is 5.82 Å². The molecule has 2 rings (SSSR count). The number of halogens is 1. The molecule has 0 saturated heterocycles. The Bertz CT molecular complexity index is 558. The first kappa shape index (κ1) is 13.8. The van der Waals surface area contributed by atoms with Crippen LogP contribution in [0.3, 0.4) is 0 Å². The van der Waals surface area contributed by atoms with Gasteiger partial charge < -0.3 is 5.32 Å². The van der Waals surface area contributed by atoms with E-state index in [1.54, 1.807) is 11.8 Å². The molecule has 0 aliphatic rings. The number of aromatic nitrogens is 2. The second-order valence-electron chi connectivity index (χ2n) is 3.39. The molecule has 1 aromatic heterocycles. The van der Waals surface area contributed by atoms with Gasteiger partial charge in [0, 0.05) is 5.69 Å². The molecule has 19 heavy (non-hydrogen) atoms. The van der Waals surface area contributed by atoms with Crippen LogP contribution in [0, 0.1) is 5.82 Å². The van der Waals surface area contributed by atoms with E-state index in [9.17, 15) is 9.18 Å². The van der Waals surface area contributed by atoms with Gasteiger partial charge in [-0.1, -0.05) is 30.0 Å².